The summed E-state index contributed by atoms with van der Waals surface area (Å²) in [7, 11) is 2.00. The van der Waals surface area contributed by atoms with E-state index in [1.165, 1.54) is 0 Å². The molecule has 5 aromatic rings. The Balaban J connectivity index is 1.77. The second kappa shape index (κ2) is 6.74. The summed E-state index contributed by atoms with van der Waals surface area (Å²) in [6.07, 6.45) is 5.17. The molecule has 5 rings (SSSR count). The van der Waals surface area contributed by atoms with Crippen LogP contribution < -0.4 is 4.57 Å². The zero-order valence-electron chi connectivity index (χ0n) is 15.4. The summed E-state index contributed by atoms with van der Waals surface area (Å²) in [4.78, 5) is 9.42. The maximum Gasteiger partial charge on any atom is 0.245 e. The first-order chi connectivity index (χ1) is 13.8. The van der Waals surface area contributed by atoms with Crippen LogP contribution in [0.1, 0.15) is 0 Å². The molecule has 4 nitrogen and oxygen atoms in total. The van der Waals surface area contributed by atoms with Crippen LogP contribution in [0.2, 0.25) is 0 Å². The van der Waals surface area contributed by atoms with Gasteiger partial charge in [0, 0.05) is 6.20 Å². The van der Waals surface area contributed by atoms with Crippen LogP contribution in [-0.2, 0) is 7.05 Å². The van der Waals surface area contributed by atoms with Crippen LogP contribution in [0.3, 0.4) is 0 Å². The number of aromatic nitrogens is 4. The van der Waals surface area contributed by atoms with Crippen molar-refractivity contribution in [2.75, 3.05) is 0 Å². The summed E-state index contributed by atoms with van der Waals surface area (Å²) >= 11 is 0. The van der Waals surface area contributed by atoms with Gasteiger partial charge in [0.15, 0.2) is 0 Å². The molecule has 0 radical (unpaired) electrons. The average molecular weight is 362 g/mol. The molecule has 0 amide bonds. The van der Waals surface area contributed by atoms with Crippen LogP contribution in [0.4, 0.5) is 0 Å². The van der Waals surface area contributed by atoms with Gasteiger partial charge < -0.3 is 9.13 Å². The molecule has 0 N–H and O–H groups in total. The second-order valence-corrected chi connectivity index (χ2v) is 6.66. The van der Waals surface area contributed by atoms with Crippen molar-refractivity contribution in [3.8, 4) is 28.3 Å². The van der Waals surface area contributed by atoms with Gasteiger partial charge in [-0.25, -0.2) is 0 Å². The zero-order chi connectivity index (χ0) is 18.9. The van der Waals surface area contributed by atoms with Gasteiger partial charge in [0.1, 0.15) is 5.82 Å². The van der Waals surface area contributed by atoms with Crippen LogP contribution in [0.5, 0.6) is 0 Å². The number of para-hydroxylation sites is 2. The fraction of sp³-hybridized carbons (Fsp3) is 0.0417. The lowest BCUT2D eigenvalue weighted by molar-refractivity contribution is -0.649. The summed E-state index contributed by atoms with van der Waals surface area (Å²) in [5.74, 6) is 0.818. The predicted octanol–water partition coefficient (Wildman–Crippen LogP) is 4.38. The molecule has 3 heterocycles. The van der Waals surface area contributed by atoms with E-state index in [2.05, 4.69) is 47.7 Å². The molecule has 0 atom stereocenters. The first-order valence-electron chi connectivity index (χ1n) is 9.18. The number of fused-ring (bicyclic) bond motifs is 1. The molecule has 0 aliphatic heterocycles. The van der Waals surface area contributed by atoms with Crippen molar-refractivity contribution in [2.24, 2.45) is 7.05 Å². The van der Waals surface area contributed by atoms with E-state index in [0.29, 0.717) is 0 Å². The van der Waals surface area contributed by atoms with Gasteiger partial charge in [0.25, 0.3) is 0 Å². The molecule has 0 saturated heterocycles. The van der Waals surface area contributed by atoms with Crippen LogP contribution in [-0.4, -0.2) is 14.5 Å². The molecule has 28 heavy (non-hydrogen) atoms. The first kappa shape index (κ1) is 16.4. The normalized spacial score (nSPS) is 11.0. The highest BCUT2D eigenvalue weighted by Gasteiger charge is 2.12. The fourth-order valence-corrected chi connectivity index (χ4v) is 3.44. The topological polar surface area (TPSA) is 34.6 Å². The van der Waals surface area contributed by atoms with Crippen molar-refractivity contribution >= 4 is 11.0 Å². The van der Waals surface area contributed by atoms with E-state index in [1.54, 1.807) is 6.20 Å². The van der Waals surface area contributed by atoms with Gasteiger partial charge in [0.2, 0.25) is 6.33 Å². The predicted molar refractivity (Wildman–Crippen MR) is 110 cm³/mol. The van der Waals surface area contributed by atoms with E-state index in [-0.39, 0.29) is 0 Å². The smallest absolute Gasteiger partial charge is 0.245 e. The third-order valence-electron chi connectivity index (χ3n) is 4.81. The molecule has 134 valence electrons. The number of aryl methyl sites for hydroxylation is 1. The van der Waals surface area contributed by atoms with E-state index in [9.17, 15) is 0 Å². The standard InChI is InChI=1S/C24H18N4/c1-27-17-28(23-13-6-5-12-22(23)27)24-16-19(18-9-3-2-4-10-18)15-21(26-24)20-11-7-8-14-25-20/h2-16H,1H3. The van der Waals surface area contributed by atoms with Gasteiger partial charge in [-0.2, -0.15) is 0 Å². The molecule has 4 heteroatoms. The third-order valence-corrected chi connectivity index (χ3v) is 4.81. The van der Waals surface area contributed by atoms with E-state index < -0.39 is 0 Å². The van der Waals surface area contributed by atoms with Crippen molar-refractivity contribution in [2.45, 2.75) is 0 Å². The average Bonchev–Trinajstić information content (AvgIpc) is 3.12. The number of hydrogen-bond acceptors (Lipinski definition) is 2. The molecular formula is C24H18N4. The maximum atomic E-state index is 4.92. The Morgan fingerprint density at radius 3 is 2.39 bits per heavy atom. The number of rotatable bonds is 3. The van der Waals surface area contributed by atoms with Crippen LogP contribution in [0, 0.1) is 6.33 Å². The van der Waals surface area contributed by atoms with Crippen LogP contribution in [0.25, 0.3) is 39.4 Å². The molecule has 0 bridgehead atoms. The van der Waals surface area contributed by atoms with Crippen molar-refractivity contribution in [3.05, 3.63) is 97.5 Å². The monoisotopic (exact) mass is 362 g/mol. The van der Waals surface area contributed by atoms with E-state index in [0.717, 1.165) is 39.4 Å². The van der Waals surface area contributed by atoms with Gasteiger partial charge in [-0.05, 0) is 35.4 Å². The molecule has 0 fully saturated rings. The van der Waals surface area contributed by atoms with Gasteiger partial charge in [-0.3, -0.25) is 9.97 Å². The van der Waals surface area contributed by atoms with Crippen molar-refractivity contribution < 1.29 is 4.57 Å². The van der Waals surface area contributed by atoms with Gasteiger partial charge in [-0.15, -0.1) is 0 Å². The van der Waals surface area contributed by atoms with Gasteiger partial charge in [0.05, 0.1) is 29.5 Å². The Labute approximate surface area is 163 Å². The van der Waals surface area contributed by atoms with Gasteiger partial charge in [-0.1, -0.05) is 60.7 Å². The number of pyridine rings is 2. The molecule has 0 aliphatic rings. The number of nitrogens with zero attached hydrogens (tertiary/aromatic N) is 4. The minimum Gasteiger partial charge on any atom is -0.316 e. The van der Waals surface area contributed by atoms with Crippen molar-refractivity contribution in [3.63, 3.8) is 0 Å². The highest BCUT2D eigenvalue weighted by molar-refractivity contribution is 5.76. The Kier molecular flexibility index (Phi) is 3.95. The SMILES string of the molecule is C[n+]1[c-]n(-c2cc(-c3ccccc3)cc(-c3ccccn3)n2)c2ccccc21. The number of benzene rings is 2. The third kappa shape index (κ3) is 2.85. The quantitative estimate of drug-likeness (QED) is 0.353. The lowest BCUT2D eigenvalue weighted by atomic mass is 10.0. The molecule has 0 unspecified atom stereocenters. The Hall–Kier alpha value is -3.79. The first-order valence-corrected chi connectivity index (χ1v) is 9.18. The second-order valence-electron chi connectivity index (χ2n) is 6.66. The largest absolute Gasteiger partial charge is 0.316 e. The van der Waals surface area contributed by atoms with Crippen molar-refractivity contribution in [1.29, 1.82) is 0 Å². The molecule has 0 spiro atoms. The molecule has 0 aliphatic carbocycles. The Morgan fingerprint density at radius 2 is 1.57 bits per heavy atom. The van der Waals surface area contributed by atoms with E-state index >= 15 is 0 Å². The fourth-order valence-electron chi connectivity index (χ4n) is 3.44. The summed E-state index contributed by atoms with van der Waals surface area (Å²) < 4.78 is 4.00. The summed E-state index contributed by atoms with van der Waals surface area (Å²) in [5.41, 5.74) is 6.10. The van der Waals surface area contributed by atoms with E-state index in [1.807, 2.05) is 64.7 Å². The molecular weight excluding hydrogens is 344 g/mol. The Bertz CT molecular complexity index is 1200. The number of hydrogen-bond donors (Lipinski definition) is 0. The minimum absolute atomic E-state index is 0.818. The zero-order valence-corrected chi connectivity index (χ0v) is 15.4. The minimum atomic E-state index is 0.818. The highest BCUT2D eigenvalue weighted by Crippen LogP contribution is 2.27. The Morgan fingerprint density at radius 1 is 0.786 bits per heavy atom. The molecule has 3 aromatic heterocycles. The maximum absolute atomic E-state index is 4.92. The van der Waals surface area contributed by atoms with Crippen LogP contribution in [0.15, 0.2) is 91.1 Å². The summed E-state index contributed by atoms with van der Waals surface area (Å²) in [6, 6.07) is 28.7. The lowest BCUT2D eigenvalue weighted by Gasteiger charge is -2.11. The van der Waals surface area contributed by atoms with Crippen molar-refractivity contribution in [1.82, 2.24) is 14.5 Å². The molecule has 2 aromatic carbocycles. The molecule has 0 saturated carbocycles. The summed E-state index contributed by atoms with van der Waals surface area (Å²) in [5, 5.41) is 0. The van der Waals surface area contributed by atoms with Crippen LogP contribution >= 0.6 is 0 Å². The highest BCUT2D eigenvalue weighted by atomic mass is 15.2. The van der Waals surface area contributed by atoms with Gasteiger partial charge >= 0.3 is 0 Å². The lowest BCUT2D eigenvalue weighted by Crippen LogP contribution is -2.26. The number of imidazole rings is 1. The van der Waals surface area contributed by atoms with E-state index in [4.69, 9.17) is 4.98 Å². The summed E-state index contributed by atoms with van der Waals surface area (Å²) in [6.45, 7) is 0.